The maximum atomic E-state index is 14.1. The molecule has 1 N–H and O–H groups in total. The molecule has 0 spiro atoms. The Balaban J connectivity index is 1.32. The molecule has 2 heterocycles. The number of ether oxygens (including phenoxy) is 1. The molecular weight excluding hydrogens is 402 g/mol. The third-order valence-corrected chi connectivity index (χ3v) is 5.08. The maximum absolute atomic E-state index is 14.1. The topological polar surface area (TPSA) is 68.3 Å². The molecule has 0 bridgehead atoms. The van der Waals surface area contributed by atoms with E-state index >= 15 is 0 Å². The number of Topliss-reactive ketones (excluding diaryl/α,β-unsaturated/α-hetero) is 1. The first-order valence-electron chi connectivity index (χ1n) is 9.95. The normalized spacial score (nSPS) is 14.6. The molecule has 3 aromatic rings. The number of hydrogen-bond acceptors (Lipinski definition) is 4. The van der Waals surface area contributed by atoms with Crippen molar-refractivity contribution in [3.8, 4) is 17.0 Å². The molecule has 2 aromatic carbocycles. The number of fused-ring (bicyclic) bond motifs is 1. The van der Waals surface area contributed by atoms with Crippen molar-refractivity contribution in [1.29, 1.82) is 0 Å². The third-order valence-electron chi connectivity index (χ3n) is 5.08. The molecule has 0 unspecified atom stereocenters. The van der Waals surface area contributed by atoms with Crippen molar-refractivity contribution in [3.05, 3.63) is 83.6 Å². The average Bonchev–Trinajstić information content (AvgIpc) is 3.19. The number of nitrogens with zero attached hydrogens (tertiary/aromatic N) is 1. The smallest absolute Gasteiger partial charge is 0.220 e. The summed E-state index contributed by atoms with van der Waals surface area (Å²) in [4.78, 5) is 28.5. The lowest BCUT2D eigenvalue weighted by Gasteiger charge is -2.13. The lowest BCUT2D eigenvalue weighted by atomic mass is 10.0. The van der Waals surface area contributed by atoms with E-state index in [-0.39, 0.29) is 43.0 Å². The zero-order chi connectivity index (χ0) is 21.8. The van der Waals surface area contributed by atoms with Crippen LogP contribution in [0.25, 0.3) is 11.3 Å². The molecule has 1 aromatic heterocycles. The predicted molar refractivity (Wildman–Crippen MR) is 111 cm³/mol. The van der Waals surface area contributed by atoms with Crippen molar-refractivity contribution in [1.82, 2.24) is 10.3 Å². The van der Waals surface area contributed by atoms with E-state index in [1.54, 1.807) is 18.3 Å². The molecule has 7 heteroatoms. The van der Waals surface area contributed by atoms with Gasteiger partial charge in [-0.2, -0.15) is 0 Å². The molecule has 158 valence electrons. The lowest BCUT2D eigenvalue weighted by Crippen LogP contribution is -2.34. The Kier molecular flexibility index (Phi) is 6.02. The van der Waals surface area contributed by atoms with Crippen molar-refractivity contribution >= 4 is 11.7 Å². The first kappa shape index (κ1) is 20.7. The van der Waals surface area contributed by atoms with Gasteiger partial charge in [0.2, 0.25) is 5.91 Å². The summed E-state index contributed by atoms with van der Waals surface area (Å²) < 4.78 is 33.0. The van der Waals surface area contributed by atoms with Crippen LogP contribution in [0.3, 0.4) is 0 Å². The minimum Gasteiger partial charge on any atom is -0.487 e. The quantitative estimate of drug-likeness (QED) is 0.582. The number of amides is 1. The average molecular weight is 422 g/mol. The van der Waals surface area contributed by atoms with Crippen LogP contribution in [-0.4, -0.2) is 29.3 Å². The molecule has 1 atom stereocenters. The SMILES string of the molecule is O=C(CCC(=O)c1ccc(F)cc1)NC[C@H]1Cc2cc(F)cc(-c3ccccn3)c2O1. The van der Waals surface area contributed by atoms with E-state index < -0.39 is 5.82 Å². The maximum Gasteiger partial charge on any atom is 0.220 e. The molecule has 0 aliphatic carbocycles. The van der Waals surface area contributed by atoms with Crippen LogP contribution in [0.15, 0.2) is 60.8 Å². The molecule has 0 saturated heterocycles. The largest absolute Gasteiger partial charge is 0.487 e. The van der Waals surface area contributed by atoms with E-state index in [4.69, 9.17) is 4.74 Å². The Morgan fingerprint density at radius 2 is 1.84 bits per heavy atom. The van der Waals surface area contributed by atoms with Gasteiger partial charge in [-0.1, -0.05) is 6.07 Å². The van der Waals surface area contributed by atoms with E-state index in [1.165, 1.54) is 36.4 Å². The molecule has 1 aliphatic heterocycles. The molecule has 31 heavy (non-hydrogen) atoms. The molecule has 0 fully saturated rings. The Morgan fingerprint density at radius 1 is 1.03 bits per heavy atom. The summed E-state index contributed by atoms with van der Waals surface area (Å²) in [5.41, 5.74) is 2.29. The molecule has 0 radical (unpaired) electrons. The zero-order valence-electron chi connectivity index (χ0n) is 16.6. The first-order valence-corrected chi connectivity index (χ1v) is 9.95. The molecule has 5 nitrogen and oxygen atoms in total. The fraction of sp³-hybridized carbons (Fsp3) is 0.208. The second-order valence-electron chi connectivity index (χ2n) is 7.33. The molecule has 0 saturated carbocycles. The van der Waals surface area contributed by atoms with Crippen LogP contribution in [0, 0.1) is 11.6 Å². The van der Waals surface area contributed by atoms with E-state index in [9.17, 15) is 18.4 Å². The van der Waals surface area contributed by atoms with Crippen LogP contribution in [0.1, 0.15) is 28.8 Å². The second kappa shape index (κ2) is 9.04. The number of aromatic nitrogens is 1. The molecule has 1 aliphatic rings. The number of benzene rings is 2. The predicted octanol–water partition coefficient (Wildman–Crippen LogP) is 4.11. The summed E-state index contributed by atoms with van der Waals surface area (Å²) in [7, 11) is 0. The van der Waals surface area contributed by atoms with Gasteiger partial charge < -0.3 is 10.1 Å². The Morgan fingerprint density at radius 3 is 2.58 bits per heavy atom. The van der Waals surface area contributed by atoms with Crippen LogP contribution in [-0.2, 0) is 11.2 Å². The Bertz CT molecular complexity index is 1100. The zero-order valence-corrected chi connectivity index (χ0v) is 16.6. The van der Waals surface area contributed by atoms with Gasteiger partial charge in [-0.25, -0.2) is 8.78 Å². The first-order chi connectivity index (χ1) is 15.0. The molecule has 4 rings (SSSR count). The van der Waals surface area contributed by atoms with Crippen LogP contribution in [0.4, 0.5) is 8.78 Å². The lowest BCUT2D eigenvalue weighted by molar-refractivity contribution is -0.121. The number of carbonyl (C=O) groups excluding carboxylic acids is 2. The van der Waals surface area contributed by atoms with Crippen LogP contribution >= 0.6 is 0 Å². The Labute approximate surface area is 178 Å². The van der Waals surface area contributed by atoms with Gasteiger partial charge in [0.25, 0.3) is 0 Å². The Hall–Kier alpha value is -3.61. The van der Waals surface area contributed by atoms with Gasteiger partial charge in [0.1, 0.15) is 23.5 Å². The van der Waals surface area contributed by atoms with Gasteiger partial charge in [0, 0.05) is 42.1 Å². The van der Waals surface area contributed by atoms with Gasteiger partial charge in [-0.05, 0) is 48.5 Å². The van der Waals surface area contributed by atoms with Gasteiger partial charge in [0.05, 0.1) is 12.2 Å². The van der Waals surface area contributed by atoms with Gasteiger partial charge >= 0.3 is 0 Å². The summed E-state index contributed by atoms with van der Waals surface area (Å²) in [5.74, 6) is -0.725. The number of hydrogen-bond donors (Lipinski definition) is 1. The van der Waals surface area contributed by atoms with E-state index in [0.717, 1.165) is 5.56 Å². The van der Waals surface area contributed by atoms with Crippen LogP contribution in [0.2, 0.25) is 0 Å². The number of rotatable bonds is 7. The highest BCUT2D eigenvalue weighted by Gasteiger charge is 2.27. The number of halogens is 2. The van der Waals surface area contributed by atoms with E-state index in [0.29, 0.717) is 29.0 Å². The highest BCUT2D eigenvalue weighted by Crippen LogP contribution is 2.38. The summed E-state index contributed by atoms with van der Waals surface area (Å²) in [6.07, 6.45) is 1.80. The number of carbonyl (C=O) groups is 2. The fourth-order valence-corrected chi connectivity index (χ4v) is 3.54. The van der Waals surface area contributed by atoms with Crippen molar-refractivity contribution in [3.63, 3.8) is 0 Å². The van der Waals surface area contributed by atoms with Crippen molar-refractivity contribution in [2.45, 2.75) is 25.4 Å². The van der Waals surface area contributed by atoms with Crippen molar-refractivity contribution in [2.75, 3.05) is 6.54 Å². The standard InChI is InChI=1S/C24H20F2N2O3/c25-17-6-4-15(5-7-17)22(29)8-9-23(30)28-14-19-12-16-11-18(26)13-20(24(16)31-19)21-3-1-2-10-27-21/h1-7,10-11,13,19H,8-9,12,14H2,(H,28,30)/t19-/m1/s1. The van der Waals surface area contributed by atoms with Gasteiger partial charge in [-0.3, -0.25) is 14.6 Å². The molecular formula is C24H20F2N2O3. The minimum atomic E-state index is -0.419. The summed E-state index contributed by atoms with van der Waals surface area (Å²) >= 11 is 0. The molecule has 1 amide bonds. The van der Waals surface area contributed by atoms with Crippen molar-refractivity contribution in [2.24, 2.45) is 0 Å². The van der Waals surface area contributed by atoms with Crippen LogP contribution < -0.4 is 10.1 Å². The monoisotopic (exact) mass is 422 g/mol. The fourth-order valence-electron chi connectivity index (χ4n) is 3.54. The summed E-state index contributed by atoms with van der Waals surface area (Å²) in [6, 6.07) is 13.4. The second-order valence-corrected chi connectivity index (χ2v) is 7.33. The van der Waals surface area contributed by atoms with E-state index in [2.05, 4.69) is 10.3 Å². The van der Waals surface area contributed by atoms with E-state index in [1.807, 2.05) is 6.07 Å². The summed E-state index contributed by atoms with van der Waals surface area (Å²) in [6.45, 7) is 0.238. The third kappa shape index (κ3) is 4.94. The number of pyridine rings is 1. The van der Waals surface area contributed by atoms with Crippen LogP contribution in [0.5, 0.6) is 5.75 Å². The highest BCUT2D eigenvalue weighted by atomic mass is 19.1. The van der Waals surface area contributed by atoms with Gasteiger partial charge in [0.15, 0.2) is 5.78 Å². The minimum absolute atomic E-state index is 0.0176. The van der Waals surface area contributed by atoms with Gasteiger partial charge in [-0.15, -0.1) is 0 Å². The van der Waals surface area contributed by atoms with Crippen molar-refractivity contribution < 1.29 is 23.1 Å². The summed E-state index contributed by atoms with van der Waals surface area (Å²) in [5, 5.41) is 2.76. The number of nitrogens with one attached hydrogen (secondary N) is 1. The highest BCUT2D eigenvalue weighted by molar-refractivity contribution is 5.97. The number of ketones is 1.